The molecule has 0 aliphatic rings. The molecule has 0 fully saturated rings. The van der Waals surface area contributed by atoms with Crippen LogP contribution in [0.5, 0.6) is 0 Å². The molecule has 0 aliphatic carbocycles. The average molecular weight is 269 g/mol. The second-order valence-corrected chi connectivity index (χ2v) is 4.25. The van der Waals surface area contributed by atoms with Crippen LogP contribution in [0.2, 0.25) is 0 Å². The number of carbonyl (C=O) groups excluding carboxylic acids is 1. The van der Waals surface area contributed by atoms with Crippen LogP contribution in [0.15, 0.2) is 53.6 Å². The summed E-state index contributed by atoms with van der Waals surface area (Å²) >= 11 is -2.33. The summed E-state index contributed by atoms with van der Waals surface area (Å²) in [6.45, 7) is 0. The topological polar surface area (TPSA) is 70.1 Å². The molecule has 0 radical (unpaired) electrons. The standard InChI is InChI=1S/C12H9NO3S.Na/c14-12(11-6-1-2-7-13-11)9-4-3-5-10(8-9)17(15)16;/h1-8H,(H,15,16);/q;+1/p-1. The third kappa shape index (κ3) is 3.57. The summed E-state index contributed by atoms with van der Waals surface area (Å²) in [5.41, 5.74) is 0.603. The van der Waals surface area contributed by atoms with Crippen molar-refractivity contribution < 1.29 is 43.1 Å². The molecule has 0 amide bonds. The molecule has 6 heteroatoms. The largest absolute Gasteiger partial charge is 1.00 e. The Bertz CT molecular complexity index is 575. The van der Waals surface area contributed by atoms with Gasteiger partial charge in [0, 0.05) is 16.7 Å². The summed E-state index contributed by atoms with van der Waals surface area (Å²) in [5, 5.41) is 0. The van der Waals surface area contributed by atoms with E-state index in [0.717, 1.165) is 0 Å². The number of benzene rings is 1. The fraction of sp³-hybridized carbons (Fsp3) is 0. The van der Waals surface area contributed by atoms with E-state index in [-0.39, 0.29) is 40.2 Å². The molecule has 0 spiro atoms. The number of hydrogen-bond acceptors (Lipinski definition) is 4. The Morgan fingerprint density at radius 3 is 2.56 bits per heavy atom. The van der Waals surface area contributed by atoms with Crippen molar-refractivity contribution in [2.45, 2.75) is 4.90 Å². The van der Waals surface area contributed by atoms with Crippen molar-refractivity contribution in [3.63, 3.8) is 0 Å². The maximum absolute atomic E-state index is 12.0. The van der Waals surface area contributed by atoms with E-state index in [1.54, 1.807) is 24.3 Å². The zero-order chi connectivity index (χ0) is 12.3. The normalized spacial score (nSPS) is 11.4. The number of nitrogens with zero attached hydrogens (tertiary/aromatic N) is 1. The van der Waals surface area contributed by atoms with Gasteiger partial charge < -0.3 is 4.55 Å². The number of carbonyl (C=O) groups is 1. The Kier molecular flexibility index (Phi) is 5.84. The summed E-state index contributed by atoms with van der Waals surface area (Å²) < 4.78 is 21.6. The quantitative estimate of drug-likeness (QED) is 0.388. The van der Waals surface area contributed by atoms with Crippen molar-refractivity contribution in [2.75, 3.05) is 0 Å². The van der Waals surface area contributed by atoms with Gasteiger partial charge in [-0.1, -0.05) is 18.2 Å². The first-order chi connectivity index (χ1) is 8.18. The van der Waals surface area contributed by atoms with Gasteiger partial charge in [-0.15, -0.1) is 0 Å². The Labute approximate surface area is 129 Å². The minimum atomic E-state index is -2.33. The van der Waals surface area contributed by atoms with Gasteiger partial charge in [0.1, 0.15) is 5.69 Å². The van der Waals surface area contributed by atoms with Crippen LogP contribution < -0.4 is 29.6 Å². The summed E-state index contributed by atoms with van der Waals surface area (Å²) in [5.74, 6) is -0.294. The van der Waals surface area contributed by atoms with Gasteiger partial charge in [-0.05, 0) is 35.3 Å². The SMILES string of the molecule is O=C(c1cccc(S(=O)[O-])c1)c1ccccn1.[Na+]. The average Bonchev–Trinajstić information content (AvgIpc) is 2.39. The molecule has 4 nitrogen and oxygen atoms in total. The van der Waals surface area contributed by atoms with Gasteiger partial charge in [0.25, 0.3) is 0 Å². The zero-order valence-electron chi connectivity index (χ0n) is 9.70. The molecule has 0 bridgehead atoms. The van der Waals surface area contributed by atoms with Crippen LogP contribution in [0.25, 0.3) is 0 Å². The second-order valence-electron chi connectivity index (χ2n) is 3.31. The third-order valence-electron chi connectivity index (χ3n) is 2.19. The molecule has 2 rings (SSSR count). The van der Waals surface area contributed by atoms with Crippen molar-refractivity contribution in [1.82, 2.24) is 4.98 Å². The first-order valence-electron chi connectivity index (χ1n) is 4.83. The molecule has 1 heterocycles. The molecule has 1 unspecified atom stereocenters. The molecule has 0 N–H and O–H groups in total. The van der Waals surface area contributed by atoms with Crippen LogP contribution in [-0.2, 0) is 11.1 Å². The van der Waals surface area contributed by atoms with E-state index in [0.29, 0.717) is 11.3 Å². The van der Waals surface area contributed by atoms with E-state index in [2.05, 4.69) is 4.98 Å². The maximum atomic E-state index is 12.0. The Morgan fingerprint density at radius 1 is 1.17 bits per heavy atom. The van der Waals surface area contributed by atoms with Crippen molar-refractivity contribution in [1.29, 1.82) is 0 Å². The monoisotopic (exact) mass is 269 g/mol. The summed E-state index contributed by atoms with van der Waals surface area (Å²) in [6.07, 6.45) is 1.52. The van der Waals surface area contributed by atoms with Crippen molar-refractivity contribution in [3.05, 3.63) is 59.9 Å². The molecule has 86 valence electrons. The number of rotatable bonds is 3. The van der Waals surface area contributed by atoms with E-state index in [1.165, 1.54) is 24.4 Å². The van der Waals surface area contributed by atoms with Gasteiger partial charge in [0.05, 0.1) is 0 Å². The van der Waals surface area contributed by atoms with E-state index < -0.39 is 11.1 Å². The molecule has 1 aromatic heterocycles. The fourth-order valence-electron chi connectivity index (χ4n) is 1.39. The van der Waals surface area contributed by atoms with Crippen LogP contribution in [0.3, 0.4) is 0 Å². The molecule has 1 aromatic carbocycles. The van der Waals surface area contributed by atoms with E-state index >= 15 is 0 Å². The first-order valence-corrected chi connectivity index (χ1v) is 5.91. The van der Waals surface area contributed by atoms with E-state index in [4.69, 9.17) is 0 Å². The molecule has 0 saturated heterocycles. The second kappa shape index (κ2) is 6.92. The summed E-state index contributed by atoms with van der Waals surface area (Å²) in [6, 6.07) is 10.9. The Balaban J connectivity index is 0.00000162. The Hall–Kier alpha value is -0.850. The maximum Gasteiger partial charge on any atom is 1.00 e. The van der Waals surface area contributed by atoms with Crippen LogP contribution in [-0.4, -0.2) is 19.5 Å². The van der Waals surface area contributed by atoms with Crippen molar-refractivity contribution in [3.8, 4) is 0 Å². The molecular formula is C12H8NNaO3S. The minimum Gasteiger partial charge on any atom is -0.768 e. The molecule has 18 heavy (non-hydrogen) atoms. The summed E-state index contributed by atoms with van der Waals surface area (Å²) in [4.78, 5) is 16.0. The van der Waals surface area contributed by atoms with Crippen LogP contribution in [0.1, 0.15) is 16.1 Å². The number of hydrogen-bond donors (Lipinski definition) is 0. The smallest absolute Gasteiger partial charge is 0.768 e. The predicted octanol–water partition coefficient (Wildman–Crippen LogP) is -1.45. The van der Waals surface area contributed by atoms with Gasteiger partial charge in [-0.3, -0.25) is 14.0 Å². The predicted molar refractivity (Wildman–Crippen MR) is 61.3 cm³/mol. The molecular weight excluding hydrogens is 261 g/mol. The summed E-state index contributed by atoms with van der Waals surface area (Å²) in [7, 11) is 0. The van der Waals surface area contributed by atoms with Crippen molar-refractivity contribution >= 4 is 16.9 Å². The van der Waals surface area contributed by atoms with Gasteiger partial charge >= 0.3 is 29.6 Å². The van der Waals surface area contributed by atoms with Crippen LogP contribution in [0, 0.1) is 0 Å². The minimum absolute atomic E-state index is 0. The van der Waals surface area contributed by atoms with Crippen LogP contribution in [0.4, 0.5) is 0 Å². The number of ketones is 1. The van der Waals surface area contributed by atoms with Crippen LogP contribution >= 0.6 is 0 Å². The molecule has 2 aromatic rings. The van der Waals surface area contributed by atoms with Crippen molar-refractivity contribution in [2.24, 2.45) is 0 Å². The number of pyridine rings is 1. The third-order valence-corrected chi connectivity index (χ3v) is 2.83. The number of aromatic nitrogens is 1. The van der Waals surface area contributed by atoms with E-state index in [9.17, 15) is 13.6 Å². The van der Waals surface area contributed by atoms with Gasteiger partial charge in [-0.2, -0.15) is 0 Å². The molecule has 1 atom stereocenters. The van der Waals surface area contributed by atoms with E-state index in [1.807, 2.05) is 0 Å². The first kappa shape index (κ1) is 15.2. The van der Waals surface area contributed by atoms with Gasteiger partial charge in [-0.25, -0.2) is 0 Å². The molecule has 0 saturated carbocycles. The fourth-order valence-corrected chi connectivity index (χ4v) is 1.80. The zero-order valence-corrected chi connectivity index (χ0v) is 12.5. The molecule has 0 aliphatic heterocycles. The van der Waals surface area contributed by atoms with Gasteiger partial charge in [0.15, 0.2) is 0 Å². The Morgan fingerprint density at radius 2 is 1.94 bits per heavy atom. The van der Waals surface area contributed by atoms with Gasteiger partial charge in [0.2, 0.25) is 5.78 Å².